The van der Waals surface area contributed by atoms with Crippen molar-refractivity contribution in [2.24, 2.45) is 5.73 Å². The number of hydrogen-bond acceptors (Lipinski definition) is 2. The van der Waals surface area contributed by atoms with Gasteiger partial charge in [-0.1, -0.05) is 18.2 Å². The Morgan fingerprint density at radius 1 is 1.33 bits per heavy atom. The van der Waals surface area contributed by atoms with Crippen molar-refractivity contribution in [3.63, 3.8) is 0 Å². The molecule has 0 bridgehead atoms. The maximum atomic E-state index is 10.8. The number of nitrogens with two attached hydrogens (primary N) is 1. The number of primary amides is 1. The van der Waals surface area contributed by atoms with E-state index in [9.17, 15) is 9.59 Å². The average molecular weight is 244 g/mol. The molecular formula is C13H12N2O3. The fourth-order valence-electron chi connectivity index (χ4n) is 1.68. The van der Waals surface area contributed by atoms with E-state index < -0.39 is 5.97 Å². The summed E-state index contributed by atoms with van der Waals surface area (Å²) in [5, 5.41) is 9.67. The van der Waals surface area contributed by atoms with Crippen LogP contribution in [0.5, 0.6) is 0 Å². The van der Waals surface area contributed by atoms with Crippen LogP contribution in [0.25, 0.3) is 17.0 Å². The highest BCUT2D eigenvalue weighted by atomic mass is 16.4. The smallest absolute Gasteiger partial charge is 0.352 e. The third kappa shape index (κ3) is 2.57. The lowest BCUT2D eigenvalue weighted by Gasteiger charge is -1.94. The van der Waals surface area contributed by atoms with E-state index >= 15 is 0 Å². The van der Waals surface area contributed by atoms with Crippen LogP contribution in [0.3, 0.4) is 0 Å². The summed E-state index contributed by atoms with van der Waals surface area (Å²) in [4.78, 5) is 24.2. The summed E-state index contributed by atoms with van der Waals surface area (Å²) in [5.74, 6) is -1.38. The fraction of sp³-hybridized carbons (Fsp3) is 0.0769. The van der Waals surface area contributed by atoms with Gasteiger partial charge in [0.2, 0.25) is 5.91 Å². The van der Waals surface area contributed by atoms with E-state index in [0.717, 1.165) is 16.5 Å². The summed E-state index contributed by atoms with van der Waals surface area (Å²) >= 11 is 0. The molecule has 18 heavy (non-hydrogen) atoms. The molecule has 0 aliphatic carbocycles. The number of H-pyrrole nitrogens is 1. The van der Waals surface area contributed by atoms with Gasteiger partial charge in [0.05, 0.1) is 0 Å². The van der Waals surface area contributed by atoms with Crippen molar-refractivity contribution < 1.29 is 14.7 Å². The SMILES string of the molecule is NC(=O)CC=Cc1ccc2[nH]c(C(=O)O)cc2c1. The molecule has 0 saturated carbocycles. The number of rotatable bonds is 4. The van der Waals surface area contributed by atoms with Gasteiger partial charge in [0.15, 0.2) is 0 Å². The third-order valence-electron chi connectivity index (χ3n) is 2.50. The molecule has 0 fully saturated rings. The van der Waals surface area contributed by atoms with Gasteiger partial charge in [0.25, 0.3) is 0 Å². The summed E-state index contributed by atoms with van der Waals surface area (Å²) in [6.45, 7) is 0. The zero-order chi connectivity index (χ0) is 13.1. The van der Waals surface area contributed by atoms with Gasteiger partial charge in [-0.15, -0.1) is 0 Å². The lowest BCUT2D eigenvalue weighted by Crippen LogP contribution is -2.07. The first-order chi connectivity index (χ1) is 8.56. The zero-order valence-electron chi connectivity index (χ0n) is 9.51. The highest BCUT2D eigenvalue weighted by Crippen LogP contribution is 2.18. The number of carbonyl (C=O) groups is 2. The van der Waals surface area contributed by atoms with Crippen molar-refractivity contribution in [1.29, 1.82) is 0 Å². The first-order valence-electron chi connectivity index (χ1n) is 5.37. The Kier molecular flexibility index (Phi) is 3.14. The standard InChI is InChI=1S/C13H12N2O3/c14-12(16)3-1-2-8-4-5-10-9(6-8)7-11(15-10)13(17)18/h1-2,4-7,15H,3H2,(H2,14,16)(H,17,18). The van der Waals surface area contributed by atoms with E-state index in [0.29, 0.717) is 0 Å². The maximum absolute atomic E-state index is 10.8. The summed E-state index contributed by atoms with van der Waals surface area (Å²) in [6.07, 6.45) is 3.64. The first-order valence-corrected chi connectivity index (χ1v) is 5.37. The number of amides is 1. The number of aromatic amines is 1. The van der Waals surface area contributed by atoms with Crippen LogP contribution >= 0.6 is 0 Å². The minimum absolute atomic E-state index is 0.156. The molecule has 0 saturated heterocycles. The number of aromatic carboxylic acids is 1. The molecule has 0 radical (unpaired) electrons. The molecular weight excluding hydrogens is 232 g/mol. The molecule has 1 aromatic carbocycles. The summed E-state index contributed by atoms with van der Waals surface area (Å²) in [5.41, 5.74) is 6.83. The highest BCUT2D eigenvalue weighted by Gasteiger charge is 2.06. The van der Waals surface area contributed by atoms with Crippen molar-refractivity contribution in [3.05, 3.63) is 41.6 Å². The van der Waals surface area contributed by atoms with Crippen LogP contribution in [0.1, 0.15) is 22.5 Å². The van der Waals surface area contributed by atoms with Gasteiger partial charge in [-0.2, -0.15) is 0 Å². The molecule has 1 aromatic heterocycles. The normalized spacial score (nSPS) is 11.1. The second kappa shape index (κ2) is 4.75. The van der Waals surface area contributed by atoms with Crippen molar-refractivity contribution >= 4 is 28.9 Å². The predicted molar refractivity (Wildman–Crippen MR) is 68.1 cm³/mol. The van der Waals surface area contributed by atoms with Gasteiger partial charge < -0.3 is 15.8 Å². The Morgan fingerprint density at radius 2 is 2.11 bits per heavy atom. The van der Waals surface area contributed by atoms with Crippen LogP contribution in [0, 0.1) is 0 Å². The molecule has 0 atom stereocenters. The van der Waals surface area contributed by atoms with Crippen LogP contribution in [0.2, 0.25) is 0 Å². The van der Waals surface area contributed by atoms with Crippen molar-refractivity contribution in [2.75, 3.05) is 0 Å². The number of hydrogen-bond donors (Lipinski definition) is 3. The quantitative estimate of drug-likeness (QED) is 0.764. The first kappa shape index (κ1) is 11.9. The molecule has 4 N–H and O–H groups in total. The summed E-state index contributed by atoms with van der Waals surface area (Å²) in [7, 11) is 0. The molecule has 2 rings (SSSR count). The molecule has 5 nitrogen and oxygen atoms in total. The summed E-state index contributed by atoms with van der Waals surface area (Å²) < 4.78 is 0. The van der Waals surface area contributed by atoms with Crippen LogP contribution in [0.4, 0.5) is 0 Å². The second-order valence-electron chi connectivity index (χ2n) is 3.91. The summed E-state index contributed by atoms with van der Waals surface area (Å²) in [6, 6.07) is 7.05. The zero-order valence-corrected chi connectivity index (χ0v) is 9.51. The van der Waals surface area contributed by atoms with Gasteiger partial charge in [-0.25, -0.2) is 4.79 Å². The minimum Gasteiger partial charge on any atom is -0.477 e. The molecule has 1 heterocycles. The van der Waals surface area contributed by atoms with Gasteiger partial charge in [0.1, 0.15) is 5.69 Å². The fourth-order valence-corrected chi connectivity index (χ4v) is 1.68. The number of carbonyl (C=O) groups excluding carboxylic acids is 1. The van der Waals surface area contributed by atoms with Crippen LogP contribution in [-0.2, 0) is 4.79 Å². The monoisotopic (exact) mass is 244 g/mol. The van der Waals surface area contributed by atoms with Crippen LogP contribution < -0.4 is 5.73 Å². The van der Waals surface area contributed by atoms with E-state index in [1.54, 1.807) is 24.3 Å². The third-order valence-corrected chi connectivity index (χ3v) is 2.50. The lowest BCUT2D eigenvalue weighted by atomic mass is 10.1. The molecule has 0 spiro atoms. The minimum atomic E-state index is -0.989. The van der Waals surface area contributed by atoms with Crippen molar-refractivity contribution in [2.45, 2.75) is 6.42 Å². The highest BCUT2D eigenvalue weighted by molar-refractivity contribution is 5.94. The van der Waals surface area contributed by atoms with Gasteiger partial charge in [-0.05, 0) is 23.8 Å². The van der Waals surface area contributed by atoms with E-state index in [2.05, 4.69) is 4.98 Å². The molecule has 5 heteroatoms. The Bertz CT molecular complexity index is 641. The van der Waals surface area contributed by atoms with Gasteiger partial charge >= 0.3 is 5.97 Å². The Morgan fingerprint density at radius 3 is 2.78 bits per heavy atom. The van der Waals surface area contributed by atoms with E-state index in [-0.39, 0.29) is 18.0 Å². The lowest BCUT2D eigenvalue weighted by molar-refractivity contribution is -0.117. The Labute approximate surface area is 103 Å². The molecule has 0 aliphatic heterocycles. The molecule has 1 amide bonds. The Hall–Kier alpha value is -2.56. The van der Waals surface area contributed by atoms with Gasteiger partial charge in [-0.3, -0.25) is 4.79 Å². The topological polar surface area (TPSA) is 96.2 Å². The Balaban J connectivity index is 2.29. The average Bonchev–Trinajstić information content (AvgIpc) is 2.71. The molecule has 92 valence electrons. The van der Waals surface area contributed by atoms with E-state index in [4.69, 9.17) is 10.8 Å². The van der Waals surface area contributed by atoms with Crippen LogP contribution in [0.15, 0.2) is 30.3 Å². The van der Waals surface area contributed by atoms with Gasteiger partial charge in [0, 0.05) is 17.3 Å². The largest absolute Gasteiger partial charge is 0.477 e. The number of aromatic nitrogens is 1. The number of carboxylic acids is 1. The van der Waals surface area contributed by atoms with Crippen molar-refractivity contribution in [1.82, 2.24) is 4.98 Å². The number of benzene rings is 1. The van der Waals surface area contributed by atoms with E-state index in [1.165, 1.54) is 0 Å². The van der Waals surface area contributed by atoms with E-state index in [1.807, 2.05) is 12.1 Å². The molecule has 2 aromatic rings. The number of nitrogens with one attached hydrogen (secondary N) is 1. The molecule has 0 aliphatic rings. The van der Waals surface area contributed by atoms with Crippen LogP contribution in [-0.4, -0.2) is 22.0 Å². The predicted octanol–water partition coefficient (Wildman–Crippen LogP) is 1.75. The maximum Gasteiger partial charge on any atom is 0.352 e. The molecule has 0 unspecified atom stereocenters. The number of carboxylic acid groups (broad SMARTS) is 1. The number of fused-ring (bicyclic) bond motifs is 1. The van der Waals surface area contributed by atoms with Crippen molar-refractivity contribution in [3.8, 4) is 0 Å². The second-order valence-corrected chi connectivity index (χ2v) is 3.91.